The third-order valence-electron chi connectivity index (χ3n) is 8.14. The second-order valence-electron chi connectivity index (χ2n) is 10.2. The van der Waals surface area contributed by atoms with E-state index in [2.05, 4.69) is 17.3 Å². The predicted octanol–water partition coefficient (Wildman–Crippen LogP) is 3.32. The summed E-state index contributed by atoms with van der Waals surface area (Å²) in [4.78, 5) is 44.5. The van der Waals surface area contributed by atoms with E-state index in [0.717, 1.165) is 44.4 Å². The highest BCUT2D eigenvalue weighted by Gasteiger charge is 2.55. The molecule has 0 aliphatic carbocycles. The summed E-state index contributed by atoms with van der Waals surface area (Å²) in [7, 11) is 2.08. The fourth-order valence-corrected chi connectivity index (χ4v) is 6.10. The van der Waals surface area contributed by atoms with Gasteiger partial charge in [0.15, 0.2) is 0 Å². The zero-order valence-electron chi connectivity index (χ0n) is 20.7. The molecular weight excluding hydrogens is 454 g/mol. The Hall–Kier alpha value is -2.55. The van der Waals surface area contributed by atoms with Gasteiger partial charge in [-0.2, -0.15) is 0 Å². The number of halogens is 2. The van der Waals surface area contributed by atoms with E-state index in [-0.39, 0.29) is 35.7 Å². The molecule has 1 aromatic rings. The number of carbonyl (C=O) groups is 3. The smallest absolute Gasteiger partial charge is 0.325 e. The topological polar surface area (TPSA) is 73.0 Å². The molecule has 0 spiro atoms. The molecule has 0 bridgehead atoms. The van der Waals surface area contributed by atoms with E-state index in [1.807, 2.05) is 6.92 Å². The average Bonchev–Trinajstić information content (AvgIpc) is 3.35. The van der Waals surface area contributed by atoms with Gasteiger partial charge in [-0.1, -0.05) is 19.4 Å². The maximum atomic E-state index is 14.0. The molecule has 4 rings (SSSR count). The predicted molar refractivity (Wildman–Crippen MR) is 128 cm³/mol. The highest BCUT2D eigenvalue weighted by molar-refractivity contribution is 6.07. The number of rotatable bonds is 8. The Balaban J connectivity index is 1.39. The molecule has 0 saturated carbocycles. The molecule has 192 valence electrons. The number of hydrogen-bond donors (Lipinski definition) is 1. The molecule has 7 nitrogen and oxygen atoms in total. The van der Waals surface area contributed by atoms with Crippen molar-refractivity contribution in [1.29, 1.82) is 0 Å². The van der Waals surface area contributed by atoms with Gasteiger partial charge < -0.3 is 15.1 Å². The van der Waals surface area contributed by atoms with E-state index >= 15 is 0 Å². The van der Waals surface area contributed by atoms with Crippen LogP contribution in [0.5, 0.6) is 0 Å². The van der Waals surface area contributed by atoms with Gasteiger partial charge in [-0.3, -0.25) is 14.5 Å². The molecule has 3 fully saturated rings. The summed E-state index contributed by atoms with van der Waals surface area (Å²) < 4.78 is 28.0. The lowest BCUT2D eigenvalue weighted by Crippen LogP contribution is -2.56. The quantitative estimate of drug-likeness (QED) is 0.568. The van der Waals surface area contributed by atoms with Crippen molar-refractivity contribution in [2.45, 2.75) is 69.9 Å². The molecule has 0 unspecified atom stereocenters. The Kier molecular flexibility index (Phi) is 7.73. The van der Waals surface area contributed by atoms with E-state index < -0.39 is 17.2 Å². The van der Waals surface area contributed by atoms with Crippen LogP contribution < -0.4 is 5.32 Å². The van der Waals surface area contributed by atoms with Gasteiger partial charge in [0.2, 0.25) is 5.91 Å². The summed E-state index contributed by atoms with van der Waals surface area (Å²) in [6, 6.07) is 3.65. The first kappa shape index (κ1) is 25.5. The van der Waals surface area contributed by atoms with Crippen LogP contribution in [0.25, 0.3) is 0 Å². The maximum absolute atomic E-state index is 14.0. The molecule has 3 heterocycles. The second kappa shape index (κ2) is 10.6. The van der Waals surface area contributed by atoms with Crippen molar-refractivity contribution in [3.05, 3.63) is 35.4 Å². The van der Waals surface area contributed by atoms with Crippen LogP contribution in [-0.4, -0.2) is 77.4 Å². The third kappa shape index (κ3) is 5.06. The molecule has 35 heavy (non-hydrogen) atoms. The van der Waals surface area contributed by atoms with E-state index in [9.17, 15) is 23.2 Å². The van der Waals surface area contributed by atoms with Crippen LogP contribution in [0.2, 0.25) is 0 Å². The Morgan fingerprint density at radius 2 is 1.80 bits per heavy atom. The summed E-state index contributed by atoms with van der Waals surface area (Å²) >= 11 is 0. The number of likely N-dealkylation sites (tertiary alicyclic amines) is 2. The molecule has 1 N–H and O–H groups in total. The maximum Gasteiger partial charge on any atom is 0.325 e. The Labute approximate surface area is 205 Å². The normalized spacial score (nSPS) is 26.0. The van der Waals surface area contributed by atoms with Gasteiger partial charge >= 0.3 is 6.03 Å². The first-order chi connectivity index (χ1) is 16.8. The summed E-state index contributed by atoms with van der Waals surface area (Å²) in [6.45, 7) is 4.24. The van der Waals surface area contributed by atoms with Crippen LogP contribution in [0, 0.1) is 17.6 Å². The first-order valence-electron chi connectivity index (χ1n) is 12.8. The number of piperidine rings is 1. The Morgan fingerprint density at radius 3 is 2.40 bits per heavy atom. The van der Waals surface area contributed by atoms with Crippen molar-refractivity contribution in [1.82, 2.24) is 20.0 Å². The Bertz CT molecular complexity index is 946. The van der Waals surface area contributed by atoms with Crippen LogP contribution in [0.3, 0.4) is 0 Å². The zero-order valence-corrected chi connectivity index (χ0v) is 20.7. The van der Waals surface area contributed by atoms with Crippen LogP contribution in [0.4, 0.5) is 13.6 Å². The highest BCUT2D eigenvalue weighted by atomic mass is 19.1. The standard InChI is InChI=1S/C26H36F2N4O3/c1-3-12-26(24(34)32(25(35)29-26)16-11-19-6-5-13-30(19)2)18-9-14-31(15-10-18)23(33)17-20-21(27)7-4-8-22(20)28/h4,7-8,18-19H,3,5-6,9-17H2,1-2H3,(H,29,35)/t19-,26-/m1/s1. The highest BCUT2D eigenvalue weighted by Crippen LogP contribution is 2.37. The molecule has 3 saturated heterocycles. The fourth-order valence-electron chi connectivity index (χ4n) is 6.10. The van der Waals surface area contributed by atoms with E-state index in [0.29, 0.717) is 44.9 Å². The number of hydrogen-bond acceptors (Lipinski definition) is 4. The van der Waals surface area contributed by atoms with Crippen molar-refractivity contribution in [2.75, 3.05) is 33.2 Å². The number of carbonyl (C=O) groups excluding carboxylic acids is 3. The second-order valence-corrected chi connectivity index (χ2v) is 10.2. The average molecular weight is 491 g/mol. The number of urea groups is 1. The minimum atomic E-state index is -0.944. The summed E-state index contributed by atoms with van der Waals surface area (Å²) in [5.74, 6) is -2.02. The van der Waals surface area contributed by atoms with E-state index in [1.54, 1.807) is 4.90 Å². The van der Waals surface area contributed by atoms with Crippen LogP contribution in [0.15, 0.2) is 18.2 Å². The molecule has 0 aromatic heterocycles. The molecule has 3 aliphatic heterocycles. The molecule has 4 amide bonds. The summed E-state index contributed by atoms with van der Waals surface area (Å²) in [5, 5.41) is 3.04. The molecular formula is C26H36F2N4O3. The van der Waals surface area contributed by atoms with Gasteiger partial charge in [0, 0.05) is 31.2 Å². The van der Waals surface area contributed by atoms with Gasteiger partial charge in [-0.25, -0.2) is 13.6 Å². The van der Waals surface area contributed by atoms with Crippen molar-refractivity contribution in [3.8, 4) is 0 Å². The zero-order chi connectivity index (χ0) is 25.2. The SMILES string of the molecule is CCC[C@]1(C2CCN(C(=O)Cc3c(F)cccc3F)CC2)NC(=O)N(CC[C@H]2CCCN2C)C1=O. The number of nitrogens with zero attached hydrogens (tertiary/aromatic N) is 3. The van der Waals surface area contributed by atoms with Crippen molar-refractivity contribution >= 4 is 17.8 Å². The van der Waals surface area contributed by atoms with Gasteiger partial charge in [0.1, 0.15) is 17.2 Å². The summed E-state index contributed by atoms with van der Waals surface area (Å²) in [6.07, 6.45) is 5.08. The molecule has 2 atom stereocenters. The number of amides is 4. The largest absolute Gasteiger partial charge is 0.342 e. The van der Waals surface area contributed by atoms with Crippen LogP contribution >= 0.6 is 0 Å². The van der Waals surface area contributed by atoms with E-state index in [4.69, 9.17) is 0 Å². The monoisotopic (exact) mass is 490 g/mol. The minimum Gasteiger partial charge on any atom is -0.342 e. The van der Waals surface area contributed by atoms with Gasteiger partial charge in [0.25, 0.3) is 5.91 Å². The number of benzene rings is 1. The van der Waals surface area contributed by atoms with Gasteiger partial charge in [-0.05, 0) is 70.2 Å². The molecule has 0 radical (unpaired) electrons. The lowest BCUT2D eigenvalue weighted by molar-refractivity contribution is -0.136. The number of nitrogens with one attached hydrogen (secondary N) is 1. The van der Waals surface area contributed by atoms with Crippen LogP contribution in [0.1, 0.15) is 57.4 Å². The van der Waals surface area contributed by atoms with Crippen LogP contribution in [-0.2, 0) is 16.0 Å². The fraction of sp³-hybridized carbons (Fsp3) is 0.654. The molecule has 9 heteroatoms. The van der Waals surface area contributed by atoms with E-state index in [1.165, 1.54) is 11.0 Å². The molecule has 1 aromatic carbocycles. The minimum absolute atomic E-state index is 0.0905. The van der Waals surface area contributed by atoms with Gasteiger partial charge in [-0.15, -0.1) is 0 Å². The lowest BCUT2D eigenvalue weighted by atomic mass is 9.74. The Morgan fingerprint density at radius 1 is 1.11 bits per heavy atom. The van der Waals surface area contributed by atoms with Crippen molar-refractivity contribution < 1.29 is 23.2 Å². The van der Waals surface area contributed by atoms with Crippen molar-refractivity contribution in [3.63, 3.8) is 0 Å². The lowest BCUT2D eigenvalue weighted by Gasteiger charge is -2.41. The van der Waals surface area contributed by atoms with Crippen molar-refractivity contribution in [2.24, 2.45) is 5.92 Å². The first-order valence-corrected chi connectivity index (χ1v) is 12.8. The summed E-state index contributed by atoms with van der Waals surface area (Å²) in [5.41, 5.74) is -1.16. The third-order valence-corrected chi connectivity index (χ3v) is 8.14. The molecule has 3 aliphatic rings. The number of imide groups is 1. The van der Waals surface area contributed by atoms with Gasteiger partial charge in [0.05, 0.1) is 6.42 Å².